The highest BCUT2D eigenvalue weighted by Crippen LogP contribution is 2.00. The molecule has 1 amide bonds. The third-order valence-electron chi connectivity index (χ3n) is 1.81. The van der Waals surface area contributed by atoms with E-state index >= 15 is 0 Å². The van der Waals surface area contributed by atoms with Crippen LogP contribution in [-0.2, 0) is 14.3 Å². The van der Waals surface area contributed by atoms with Gasteiger partial charge in [-0.3, -0.25) is 4.79 Å². The number of amidine groups is 1. The highest BCUT2D eigenvalue weighted by molar-refractivity contribution is 6.35. The summed E-state index contributed by atoms with van der Waals surface area (Å²) in [5.74, 6) is -0.739. The average Bonchev–Trinajstić information content (AvgIpc) is 2.64. The van der Waals surface area contributed by atoms with Crippen molar-refractivity contribution in [2.24, 2.45) is 10.2 Å². The summed E-state index contributed by atoms with van der Waals surface area (Å²) in [6.45, 7) is 3.84. The maximum absolute atomic E-state index is 11.4. The minimum absolute atomic E-state index is 0.0297. The van der Waals surface area contributed by atoms with Crippen molar-refractivity contribution < 1.29 is 14.3 Å². The van der Waals surface area contributed by atoms with E-state index in [0.29, 0.717) is 5.71 Å². The van der Waals surface area contributed by atoms with Crippen molar-refractivity contribution >= 4 is 23.4 Å². The first-order chi connectivity index (χ1) is 7.54. The highest BCUT2D eigenvalue weighted by Gasteiger charge is 2.27. The van der Waals surface area contributed by atoms with Gasteiger partial charge in [-0.1, -0.05) is 0 Å². The van der Waals surface area contributed by atoms with Crippen LogP contribution in [0.25, 0.3) is 0 Å². The molecule has 1 N–H and O–H groups in total. The molecule has 88 valence electrons. The van der Waals surface area contributed by atoms with Crippen LogP contribution in [-0.4, -0.2) is 48.6 Å². The summed E-state index contributed by atoms with van der Waals surface area (Å²) in [4.78, 5) is 23.9. The first kappa shape index (κ1) is 12.2. The SMILES string of the molecule is COC(=O)C(=NN=C(C)C)N1CNC(=O)C1. The molecule has 7 heteroatoms. The maximum atomic E-state index is 11.4. The van der Waals surface area contributed by atoms with Gasteiger partial charge in [0.25, 0.3) is 0 Å². The lowest BCUT2D eigenvalue weighted by molar-refractivity contribution is -0.133. The lowest BCUT2D eigenvalue weighted by Crippen LogP contribution is -2.36. The number of nitrogens with zero attached hydrogens (tertiary/aromatic N) is 3. The zero-order chi connectivity index (χ0) is 12.1. The number of nitrogens with one attached hydrogen (secondary N) is 1. The van der Waals surface area contributed by atoms with Gasteiger partial charge in [-0.15, -0.1) is 5.10 Å². The van der Waals surface area contributed by atoms with E-state index in [9.17, 15) is 9.59 Å². The number of hydrogen-bond acceptors (Lipinski definition) is 5. The number of carbonyl (C=O) groups is 2. The molecule has 0 spiro atoms. The van der Waals surface area contributed by atoms with E-state index in [-0.39, 0.29) is 25.0 Å². The summed E-state index contributed by atoms with van der Waals surface area (Å²) in [5.41, 5.74) is 0.708. The molecule has 0 aromatic carbocycles. The Hall–Kier alpha value is -1.92. The van der Waals surface area contributed by atoms with E-state index in [0.717, 1.165) is 0 Å². The standard InChI is InChI=1S/C9H14N4O3/c1-6(2)11-12-8(9(15)16-3)13-4-7(14)10-5-13/h4-5H2,1-3H3,(H,10,14). The smallest absolute Gasteiger partial charge is 0.375 e. The highest BCUT2D eigenvalue weighted by atomic mass is 16.5. The number of amides is 1. The van der Waals surface area contributed by atoms with Gasteiger partial charge in [0.15, 0.2) is 0 Å². The molecule has 1 fully saturated rings. The van der Waals surface area contributed by atoms with Crippen molar-refractivity contribution in [1.82, 2.24) is 10.2 Å². The quantitative estimate of drug-likeness (QED) is 0.278. The lowest BCUT2D eigenvalue weighted by Gasteiger charge is -2.14. The molecular weight excluding hydrogens is 212 g/mol. The van der Waals surface area contributed by atoms with Gasteiger partial charge >= 0.3 is 5.97 Å². The molecule has 0 aliphatic carbocycles. The van der Waals surface area contributed by atoms with Crippen molar-refractivity contribution in [2.75, 3.05) is 20.3 Å². The number of rotatable bonds is 1. The second kappa shape index (κ2) is 5.24. The van der Waals surface area contributed by atoms with E-state index in [1.54, 1.807) is 13.8 Å². The molecule has 0 aromatic heterocycles. The molecule has 1 saturated heterocycles. The van der Waals surface area contributed by atoms with Gasteiger partial charge in [0.2, 0.25) is 11.7 Å². The number of esters is 1. The summed E-state index contributed by atoms with van der Waals surface area (Å²) in [7, 11) is 1.26. The normalized spacial score (nSPS) is 15.8. The summed E-state index contributed by atoms with van der Waals surface area (Å²) in [6, 6.07) is 0. The molecule has 7 nitrogen and oxygen atoms in total. The fourth-order valence-corrected chi connectivity index (χ4v) is 1.09. The Morgan fingerprint density at radius 3 is 2.56 bits per heavy atom. The van der Waals surface area contributed by atoms with Crippen LogP contribution in [0.1, 0.15) is 13.8 Å². The number of methoxy groups -OCH3 is 1. The van der Waals surface area contributed by atoms with Crippen LogP contribution in [0.2, 0.25) is 0 Å². The van der Waals surface area contributed by atoms with Gasteiger partial charge in [0, 0.05) is 5.71 Å². The number of carbonyl (C=O) groups excluding carboxylic acids is 2. The van der Waals surface area contributed by atoms with Gasteiger partial charge in [-0.05, 0) is 13.8 Å². The molecule has 0 atom stereocenters. The van der Waals surface area contributed by atoms with Gasteiger partial charge in [0.05, 0.1) is 13.8 Å². The minimum atomic E-state index is -0.610. The molecular formula is C9H14N4O3. The van der Waals surface area contributed by atoms with Gasteiger partial charge in [0.1, 0.15) is 6.54 Å². The predicted molar refractivity (Wildman–Crippen MR) is 57.9 cm³/mol. The van der Waals surface area contributed by atoms with Crippen LogP contribution in [0, 0.1) is 0 Å². The van der Waals surface area contributed by atoms with Gasteiger partial charge < -0.3 is 15.0 Å². The largest absolute Gasteiger partial charge is 0.463 e. The third kappa shape index (κ3) is 3.04. The fraction of sp³-hybridized carbons (Fsp3) is 0.556. The Morgan fingerprint density at radius 1 is 1.44 bits per heavy atom. The Kier molecular flexibility index (Phi) is 3.98. The Bertz CT molecular complexity index is 358. The zero-order valence-corrected chi connectivity index (χ0v) is 9.48. The topological polar surface area (TPSA) is 83.4 Å². The predicted octanol–water partition coefficient (Wildman–Crippen LogP) is -0.657. The Morgan fingerprint density at radius 2 is 2.12 bits per heavy atom. The molecule has 0 bridgehead atoms. The number of hydrogen-bond donors (Lipinski definition) is 1. The summed E-state index contributed by atoms with van der Waals surface area (Å²) in [5, 5.41) is 10.1. The molecule has 0 saturated carbocycles. The van der Waals surface area contributed by atoms with E-state index < -0.39 is 5.97 Å². The van der Waals surface area contributed by atoms with Crippen LogP contribution < -0.4 is 5.32 Å². The van der Waals surface area contributed by atoms with Crippen LogP contribution >= 0.6 is 0 Å². The van der Waals surface area contributed by atoms with E-state index in [1.165, 1.54) is 12.0 Å². The third-order valence-corrected chi connectivity index (χ3v) is 1.81. The second-order valence-corrected chi connectivity index (χ2v) is 3.42. The van der Waals surface area contributed by atoms with Crippen LogP contribution in [0.5, 0.6) is 0 Å². The van der Waals surface area contributed by atoms with Crippen molar-refractivity contribution in [3.8, 4) is 0 Å². The summed E-state index contributed by atoms with van der Waals surface area (Å²) in [6.07, 6.45) is 0. The van der Waals surface area contributed by atoms with E-state index in [2.05, 4.69) is 20.3 Å². The van der Waals surface area contributed by atoms with Crippen molar-refractivity contribution in [3.05, 3.63) is 0 Å². The molecule has 0 radical (unpaired) electrons. The second-order valence-electron chi connectivity index (χ2n) is 3.42. The summed E-state index contributed by atoms with van der Waals surface area (Å²) < 4.78 is 4.57. The number of ether oxygens (including phenoxy) is 1. The minimum Gasteiger partial charge on any atom is -0.463 e. The zero-order valence-electron chi connectivity index (χ0n) is 9.48. The molecule has 0 aromatic rings. The van der Waals surface area contributed by atoms with Crippen LogP contribution in [0.4, 0.5) is 0 Å². The first-order valence-corrected chi connectivity index (χ1v) is 4.73. The maximum Gasteiger partial charge on any atom is 0.375 e. The van der Waals surface area contributed by atoms with Crippen molar-refractivity contribution in [1.29, 1.82) is 0 Å². The van der Waals surface area contributed by atoms with Gasteiger partial charge in [-0.2, -0.15) is 5.10 Å². The van der Waals surface area contributed by atoms with E-state index in [4.69, 9.17) is 0 Å². The van der Waals surface area contributed by atoms with Crippen LogP contribution in [0.3, 0.4) is 0 Å². The van der Waals surface area contributed by atoms with Crippen molar-refractivity contribution in [3.63, 3.8) is 0 Å². The molecule has 1 heterocycles. The summed E-state index contributed by atoms with van der Waals surface area (Å²) >= 11 is 0. The van der Waals surface area contributed by atoms with E-state index in [1.807, 2.05) is 0 Å². The molecule has 0 unspecified atom stereocenters. The fourth-order valence-electron chi connectivity index (χ4n) is 1.09. The molecule has 1 rings (SSSR count). The Balaban J connectivity index is 2.87. The average molecular weight is 226 g/mol. The van der Waals surface area contributed by atoms with Crippen LogP contribution in [0.15, 0.2) is 10.2 Å². The van der Waals surface area contributed by atoms with Crippen molar-refractivity contribution in [2.45, 2.75) is 13.8 Å². The van der Waals surface area contributed by atoms with Gasteiger partial charge in [-0.25, -0.2) is 4.79 Å². The monoisotopic (exact) mass is 226 g/mol. The molecule has 1 aliphatic heterocycles. The molecule has 1 aliphatic rings. The lowest BCUT2D eigenvalue weighted by atomic mass is 10.5. The Labute approximate surface area is 93.2 Å². The first-order valence-electron chi connectivity index (χ1n) is 4.73. The molecule has 16 heavy (non-hydrogen) atoms.